The summed E-state index contributed by atoms with van der Waals surface area (Å²) in [5.41, 5.74) is 0. The Morgan fingerprint density at radius 1 is 1.31 bits per heavy atom. The van der Waals surface area contributed by atoms with Crippen LogP contribution in [-0.2, 0) is 0 Å². The Bertz CT molecular complexity index is 136. The van der Waals surface area contributed by atoms with Gasteiger partial charge in [-0.25, -0.2) is 0 Å². The highest BCUT2D eigenvalue weighted by molar-refractivity contribution is 8.11. The minimum Gasteiger partial charge on any atom is -0.371 e. The third-order valence-corrected chi connectivity index (χ3v) is 2.37. The van der Waals surface area contributed by atoms with Crippen molar-refractivity contribution in [2.45, 2.75) is 26.7 Å². The Morgan fingerprint density at radius 3 is 2.38 bits per heavy atom. The molecule has 0 atom stereocenters. The minimum atomic E-state index is 0.600. The van der Waals surface area contributed by atoms with E-state index in [0.717, 1.165) is 26.1 Å². The number of thiocarbonyl (C=S) groups is 1. The molecule has 0 amide bonds. The highest BCUT2D eigenvalue weighted by Crippen LogP contribution is 1.94. The van der Waals surface area contributed by atoms with Crippen LogP contribution >= 0.6 is 24.8 Å². The lowest BCUT2D eigenvalue weighted by atomic mass is 10.3. The number of hydrogen-bond donors (Lipinski definition) is 2. The van der Waals surface area contributed by atoms with Gasteiger partial charge in [0.25, 0.3) is 0 Å². The van der Waals surface area contributed by atoms with Crippen LogP contribution in [0.25, 0.3) is 0 Å². The molecule has 0 aromatic carbocycles. The average molecular weight is 220 g/mol. The van der Waals surface area contributed by atoms with E-state index in [1.54, 1.807) is 0 Å². The summed E-state index contributed by atoms with van der Waals surface area (Å²) >= 11 is 8.77. The van der Waals surface area contributed by atoms with Crippen molar-refractivity contribution < 1.29 is 0 Å². The predicted octanol–water partition coefficient (Wildman–Crippen LogP) is 1.91. The van der Waals surface area contributed by atoms with E-state index in [2.05, 4.69) is 36.7 Å². The van der Waals surface area contributed by atoms with Crippen molar-refractivity contribution in [2.75, 3.05) is 26.2 Å². The van der Waals surface area contributed by atoms with Gasteiger partial charge in [0.05, 0.1) is 0 Å². The Morgan fingerprint density at radius 2 is 1.92 bits per heavy atom. The zero-order chi connectivity index (χ0) is 10.1. The fourth-order valence-electron chi connectivity index (χ4n) is 1.20. The molecule has 0 aliphatic rings. The molecule has 13 heavy (non-hydrogen) atoms. The van der Waals surface area contributed by atoms with E-state index in [0.29, 0.717) is 4.32 Å². The molecule has 0 bridgehead atoms. The lowest BCUT2D eigenvalue weighted by Crippen LogP contribution is -2.25. The van der Waals surface area contributed by atoms with Crippen LogP contribution in [0.2, 0.25) is 0 Å². The lowest BCUT2D eigenvalue weighted by molar-refractivity contribution is 0.297. The van der Waals surface area contributed by atoms with Crippen LogP contribution in [0.4, 0.5) is 0 Å². The molecule has 1 N–H and O–H groups in total. The van der Waals surface area contributed by atoms with Gasteiger partial charge in [-0.05, 0) is 32.5 Å². The molecule has 0 rings (SSSR count). The van der Waals surface area contributed by atoms with Crippen molar-refractivity contribution in [3.05, 3.63) is 0 Å². The minimum absolute atomic E-state index is 0.600. The maximum absolute atomic E-state index is 4.79. The first-order valence-corrected chi connectivity index (χ1v) is 5.75. The van der Waals surface area contributed by atoms with E-state index in [1.165, 1.54) is 13.0 Å². The molecule has 4 heteroatoms. The van der Waals surface area contributed by atoms with Crippen LogP contribution in [0.3, 0.4) is 0 Å². The number of hydrogen-bond acceptors (Lipinski definition) is 2. The van der Waals surface area contributed by atoms with Crippen molar-refractivity contribution in [2.24, 2.45) is 0 Å². The van der Waals surface area contributed by atoms with E-state index in [-0.39, 0.29) is 0 Å². The van der Waals surface area contributed by atoms with E-state index < -0.39 is 0 Å². The largest absolute Gasteiger partial charge is 0.371 e. The molecule has 78 valence electrons. The predicted molar refractivity (Wildman–Crippen MR) is 66.6 cm³/mol. The van der Waals surface area contributed by atoms with Gasteiger partial charge in [0.15, 0.2) is 0 Å². The fourth-order valence-corrected chi connectivity index (χ4v) is 1.41. The summed E-state index contributed by atoms with van der Waals surface area (Å²) in [4.78, 5) is 2.43. The SMILES string of the molecule is CCN(CC)CCCCNC(=S)S. The summed E-state index contributed by atoms with van der Waals surface area (Å²) in [6.07, 6.45) is 2.39. The number of nitrogens with zero attached hydrogens (tertiary/aromatic N) is 1. The molecule has 0 saturated carbocycles. The maximum Gasteiger partial charge on any atom is 0.130 e. The molecule has 0 aromatic heterocycles. The van der Waals surface area contributed by atoms with E-state index in [4.69, 9.17) is 12.2 Å². The van der Waals surface area contributed by atoms with E-state index in [1.807, 2.05) is 0 Å². The lowest BCUT2D eigenvalue weighted by Gasteiger charge is -2.17. The molecule has 0 aliphatic heterocycles. The van der Waals surface area contributed by atoms with Gasteiger partial charge < -0.3 is 10.2 Å². The highest BCUT2D eigenvalue weighted by atomic mass is 32.1. The summed E-state index contributed by atoms with van der Waals surface area (Å²) in [7, 11) is 0. The zero-order valence-electron chi connectivity index (χ0n) is 8.55. The molecular weight excluding hydrogens is 200 g/mol. The zero-order valence-corrected chi connectivity index (χ0v) is 10.3. The van der Waals surface area contributed by atoms with Gasteiger partial charge in [0.2, 0.25) is 0 Å². The number of thiol groups is 1. The van der Waals surface area contributed by atoms with Crippen LogP contribution in [0.15, 0.2) is 0 Å². The van der Waals surface area contributed by atoms with Crippen molar-refractivity contribution in [3.63, 3.8) is 0 Å². The second-order valence-corrected chi connectivity index (χ2v) is 4.12. The standard InChI is InChI=1S/C9H20N2S2/c1-3-11(4-2)8-6-5-7-10-9(12)13/h3-8H2,1-2H3,(H2,10,12,13). The van der Waals surface area contributed by atoms with Crippen LogP contribution in [0.1, 0.15) is 26.7 Å². The highest BCUT2D eigenvalue weighted by Gasteiger charge is 1.97. The molecule has 0 saturated heterocycles. The molecule has 0 aliphatic carbocycles. The summed E-state index contributed by atoms with van der Waals surface area (Å²) in [6.45, 7) is 8.83. The first-order valence-electron chi connectivity index (χ1n) is 4.89. The third-order valence-electron chi connectivity index (χ3n) is 2.07. The summed E-state index contributed by atoms with van der Waals surface area (Å²) in [5, 5.41) is 3.03. The molecule has 0 heterocycles. The van der Waals surface area contributed by atoms with Gasteiger partial charge in [-0.15, -0.1) is 12.6 Å². The molecule has 0 radical (unpaired) electrons. The molecular formula is C9H20N2S2. The smallest absolute Gasteiger partial charge is 0.130 e. The van der Waals surface area contributed by atoms with Crippen LogP contribution in [0, 0.1) is 0 Å². The van der Waals surface area contributed by atoms with E-state index in [9.17, 15) is 0 Å². The van der Waals surface area contributed by atoms with Gasteiger partial charge in [-0.2, -0.15) is 0 Å². The van der Waals surface area contributed by atoms with Crippen molar-refractivity contribution >= 4 is 29.2 Å². The third kappa shape index (κ3) is 8.53. The molecule has 2 nitrogen and oxygen atoms in total. The normalized spacial score (nSPS) is 10.5. The first kappa shape index (κ1) is 13.2. The van der Waals surface area contributed by atoms with Crippen LogP contribution in [-0.4, -0.2) is 35.4 Å². The number of rotatable bonds is 7. The maximum atomic E-state index is 4.79. The van der Waals surface area contributed by atoms with Crippen molar-refractivity contribution in [1.82, 2.24) is 10.2 Å². The summed E-state index contributed by atoms with van der Waals surface area (Å²) < 4.78 is 0.600. The van der Waals surface area contributed by atoms with Gasteiger partial charge in [-0.3, -0.25) is 0 Å². The second kappa shape index (κ2) is 8.78. The topological polar surface area (TPSA) is 15.3 Å². The first-order chi connectivity index (χ1) is 6.20. The Kier molecular flexibility index (Phi) is 8.92. The Hall–Kier alpha value is 0.200. The average Bonchev–Trinajstić information content (AvgIpc) is 2.11. The number of unbranched alkanes of at least 4 members (excludes halogenated alkanes) is 1. The van der Waals surface area contributed by atoms with E-state index >= 15 is 0 Å². The molecule has 0 unspecified atom stereocenters. The second-order valence-electron chi connectivity index (χ2n) is 2.97. The Labute approximate surface area is 92.5 Å². The van der Waals surface area contributed by atoms with Gasteiger partial charge in [-0.1, -0.05) is 26.1 Å². The fraction of sp³-hybridized carbons (Fsp3) is 0.889. The molecule has 0 fully saturated rings. The Balaban J connectivity index is 3.19. The van der Waals surface area contributed by atoms with Crippen molar-refractivity contribution in [3.8, 4) is 0 Å². The van der Waals surface area contributed by atoms with Gasteiger partial charge in [0, 0.05) is 6.54 Å². The van der Waals surface area contributed by atoms with Crippen LogP contribution in [0.5, 0.6) is 0 Å². The summed E-state index contributed by atoms with van der Waals surface area (Å²) in [6, 6.07) is 0. The molecule has 0 spiro atoms. The van der Waals surface area contributed by atoms with Crippen molar-refractivity contribution in [1.29, 1.82) is 0 Å². The van der Waals surface area contributed by atoms with Gasteiger partial charge in [0.1, 0.15) is 4.32 Å². The number of nitrogens with one attached hydrogen (secondary N) is 1. The van der Waals surface area contributed by atoms with Gasteiger partial charge >= 0.3 is 0 Å². The quantitative estimate of drug-likeness (QED) is 0.387. The molecule has 0 aromatic rings. The monoisotopic (exact) mass is 220 g/mol. The summed E-state index contributed by atoms with van der Waals surface area (Å²) in [5.74, 6) is 0. The van der Waals surface area contributed by atoms with Crippen LogP contribution < -0.4 is 5.32 Å².